The van der Waals surface area contributed by atoms with Crippen molar-refractivity contribution in [3.05, 3.63) is 69.6 Å². The Hall–Kier alpha value is -2.35. The zero-order valence-electron chi connectivity index (χ0n) is 14.6. The SMILES string of the molecule is O=C(O)COc1ccc(C=C2SC(=S)N(CCc3ccccc3)C2=O)cc1Cl. The van der Waals surface area contributed by atoms with Gasteiger partial charge in [-0.05, 0) is 35.8 Å². The Labute approximate surface area is 176 Å². The van der Waals surface area contributed by atoms with E-state index in [4.69, 9.17) is 33.7 Å². The van der Waals surface area contributed by atoms with Crippen molar-refractivity contribution in [1.29, 1.82) is 0 Å². The number of carbonyl (C=O) groups is 2. The van der Waals surface area contributed by atoms with Crippen LogP contribution in [0.15, 0.2) is 53.4 Å². The van der Waals surface area contributed by atoms with Gasteiger partial charge < -0.3 is 9.84 Å². The predicted molar refractivity (Wildman–Crippen MR) is 115 cm³/mol. The van der Waals surface area contributed by atoms with Gasteiger partial charge in [-0.15, -0.1) is 0 Å². The number of thioether (sulfide) groups is 1. The molecule has 1 saturated heterocycles. The molecule has 1 aliphatic heterocycles. The average molecular weight is 434 g/mol. The normalized spacial score (nSPS) is 15.3. The molecule has 0 saturated carbocycles. The summed E-state index contributed by atoms with van der Waals surface area (Å²) >= 11 is 12.7. The van der Waals surface area contributed by atoms with Gasteiger partial charge in [0.2, 0.25) is 0 Å². The Morgan fingerprint density at radius 1 is 1.25 bits per heavy atom. The van der Waals surface area contributed by atoms with Crippen LogP contribution >= 0.6 is 35.6 Å². The second-order valence-corrected chi connectivity index (χ2v) is 8.02. The number of rotatable bonds is 7. The van der Waals surface area contributed by atoms with Gasteiger partial charge >= 0.3 is 5.97 Å². The van der Waals surface area contributed by atoms with Crippen LogP contribution in [0.25, 0.3) is 6.08 Å². The summed E-state index contributed by atoms with van der Waals surface area (Å²) in [6.45, 7) is 0.0495. The van der Waals surface area contributed by atoms with Gasteiger partial charge in [0.25, 0.3) is 5.91 Å². The summed E-state index contributed by atoms with van der Waals surface area (Å²) in [6.07, 6.45) is 2.44. The lowest BCUT2D eigenvalue weighted by atomic mass is 10.1. The van der Waals surface area contributed by atoms with Crippen molar-refractivity contribution in [2.45, 2.75) is 6.42 Å². The highest BCUT2D eigenvalue weighted by atomic mass is 35.5. The number of carbonyl (C=O) groups excluding carboxylic acids is 1. The van der Waals surface area contributed by atoms with E-state index in [-0.39, 0.29) is 16.7 Å². The third-order valence-electron chi connectivity index (χ3n) is 3.95. The molecular weight excluding hydrogens is 418 g/mol. The van der Waals surface area contributed by atoms with Crippen molar-refractivity contribution >= 4 is 57.9 Å². The van der Waals surface area contributed by atoms with Crippen molar-refractivity contribution < 1.29 is 19.4 Å². The molecule has 144 valence electrons. The molecule has 5 nitrogen and oxygen atoms in total. The van der Waals surface area contributed by atoms with Crippen molar-refractivity contribution in [2.75, 3.05) is 13.2 Å². The van der Waals surface area contributed by atoms with E-state index in [0.29, 0.717) is 21.3 Å². The molecule has 0 aliphatic carbocycles. The largest absolute Gasteiger partial charge is 0.480 e. The molecule has 28 heavy (non-hydrogen) atoms. The van der Waals surface area contributed by atoms with Crippen LogP contribution in [0.3, 0.4) is 0 Å². The number of nitrogens with zero attached hydrogens (tertiary/aromatic N) is 1. The molecule has 1 aliphatic rings. The molecule has 3 rings (SSSR count). The van der Waals surface area contributed by atoms with E-state index in [1.165, 1.54) is 11.8 Å². The monoisotopic (exact) mass is 433 g/mol. The fourth-order valence-corrected chi connectivity index (χ4v) is 4.15. The minimum absolute atomic E-state index is 0.131. The van der Waals surface area contributed by atoms with Crippen LogP contribution in [0.2, 0.25) is 5.02 Å². The van der Waals surface area contributed by atoms with E-state index in [2.05, 4.69) is 0 Å². The van der Waals surface area contributed by atoms with Gasteiger partial charge in [-0.2, -0.15) is 0 Å². The predicted octanol–water partition coefficient (Wildman–Crippen LogP) is 4.25. The molecule has 0 spiro atoms. The van der Waals surface area contributed by atoms with Crippen molar-refractivity contribution in [3.63, 3.8) is 0 Å². The van der Waals surface area contributed by atoms with E-state index in [9.17, 15) is 9.59 Å². The van der Waals surface area contributed by atoms with Gasteiger partial charge in [0.1, 0.15) is 10.1 Å². The molecule has 1 N–H and O–H groups in total. The molecule has 0 unspecified atom stereocenters. The molecule has 0 bridgehead atoms. The van der Waals surface area contributed by atoms with Crippen LogP contribution in [0, 0.1) is 0 Å². The molecule has 2 aromatic carbocycles. The second kappa shape index (κ2) is 9.23. The number of hydrogen-bond donors (Lipinski definition) is 1. The maximum absolute atomic E-state index is 12.7. The van der Waals surface area contributed by atoms with Crippen molar-refractivity contribution in [3.8, 4) is 5.75 Å². The number of aliphatic carboxylic acids is 1. The Kier molecular flexibility index (Phi) is 6.72. The van der Waals surface area contributed by atoms with Gasteiger partial charge in [-0.1, -0.05) is 72.0 Å². The minimum Gasteiger partial charge on any atom is -0.480 e. The molecule has 0 radical (unpaired) electrons. The Bertz CT molecular complexity index is 946. The van der Waals surface area contributed by atoms with Gasteiger partial charge in [0, 0.05) is 6.54 Å². The maximum Gasteiger partial charge on any atom is 0.341 e. The highest BCUT2D eigenvalue weighted by Gasteiger charge is 2.31. The lowest BCUT2D eigenvalue weighted by molar-refractivity contribution is -0.139. The molecule has 0 atom stereocenters. The van der Waals surface area contributed by atoms with Gasteiger partial charge in [-0.3, -0.25) is 9.69 Å². The van der Waals surface area contributed by atoms with Crippen LogP contribution in [0.4, 0.5) is 0 Å². The molecular formula is C20H16ClNO4S2. The lowest BCUT2D eigenvalue weighted by Gasteiger charge is -2.14. The fourth-order valence-electron chi connectivity index (χ4n) is 2.59. The van der Waals surface area contributed by atoms with Crippen molar-refractivity contribution in [2.24, 2.45) is 0 Å². The third-order valence-corrected chi connectivity index (χ3v) is 5.62. The molecule has 8 heteroatoms. The first-order valence-corrected chi connectivity index (χ1v) is 9.98. The molecule has 1 amide bonds. The van der Waals surface area contributed by atoms with E-state index in [1.54, 1.807) is 29.2 Å². The maximum atomic E-state index is 12.7. The number of hydrogen-bond acceptors (Lipinski definition) is 5. The number of halogens is 1. The van der Waals surface area contributed by atoms with E-state index in [1.807, 2.05) is 30.3 Å². The number of carboxylic acids is 1. The molecule has 1 fully saturated rings. The van der Waals surface area contributed by atoms with Crippen LogP contribution < -0.4 is 4.74 Å². The summed E-state index contributed by atoms with van der Waals surface area (Å²) in [5.74, 6) is -0.941. The second-order valence-electron chi connectivity index (χ2n) is 5.94. The van der Waals surface area contributed by atoms with Gasteiger partial charge in [0.15, 0.2) is 6.61 Å². The quantitative estimate of drug-likeness (QED) is 0.520. The Morgan fingerprint density at radius 2 is 2.00 bits per heavy atom. The van der Waals surface area contributed by atoms with Gasteiger partial charge in [0.05, 0.1) is 9.93 Å². The van der Waals surface area contributed by atoms with Crippen LogP contribution in [-0.2, 0) is 16.0 Å². The lowest BCUT2D eigenvalue weighted by Crippen LogP contribution is -2.30. The average Bonchev–Trinajstić information content (AvgIpc) is 2.93. The minimum atomic E-state index is -1.08. The Morgan fingerprint density at radius 3 is 2.68 bits per heavy atom. The number of benzene rings is 2. The van der Waals surface area contributed by atoms with Gasteiger partial charge in [-0.25, -0.2) is 4.79 Å². The summed E-state index contributed by atoms with van der Waals surface area (Å²) < 4.78 is 5.63. The van der Waals surface area contributed by atoms with Crippen LogP contribution in [-0.4, -0.2) is 39.4 Å². The topological polar surface area (TPSA) is 66.8 Å². The third kappa shape index (κ3) is 5.13. The number of thiocarbonyl (C=S) groups is 1. The number of carboxylic acid groups (broad SMARTS) is 1. The fraction of sp³-hybridized carbons (Fsp3) is 0.150. The van der Waals surface area contributed by atoms with E-state index in [0.717, 1.165) is 12.0 Å². The number of amides is 1. The smallest absolute Gasteiger partial charge is 0.341 e. The van der Waals surface area contributed by atoms with E-state index >= 15 is 0 Å². The highest BCUT2D eigenvalue weighted by molar-refractivity contribution is 8.26. The molecule has 1 heterocycles. The first kappa shape index (κ1) is 20.4. The summed E-state index contributed by atoms with van der Waals surface area (Å²) in [5.41, 5.74) is 1.85. The zero-order chi connectivity index (χ0) is 20.1. The Balaban J connectivity index is 1.69. The van der Waals surface area contributed by atoms with Crippen LogP contribution in [0.1, 0.15) is 11.1 Å². The van der Waals surface area contributed by atoms with Crippen LogP contribution in [0.5, 0.6) is 5.75 Å². The van der Waals surface area contributed by atoms with E-state index < -0.39 is 12.6 Å². The first-order valence-electron chi connectivity index (χ1n) is 8.37. The number of ether oxygens (including phenoxy) is 1. The summed E-state index contributed by atoms with van der Waals surface area (Å²) in [4.78, 5) is 25.4. The zero-order valence-corrected chi connectivity index (χ0v) is 17.0. The molecule has 0 aromatic heterocycles. The van der Waals surface area contributed by atoms with Crippen molar-refractivity contribution in [1.82, 2.24) is 4.90 Å². The summed E-state index contributed by atoms with van der Waals surface area (Å²) in [7, 11) is 0. The first-order chi connectivity index (χ1) is 13.4. The standard InChI is InChI=1S/C20H16ClNO4S2/c21-15-10-14(6-7-16(15)26-12-18(23)24)11-17-19(25)22(20(27)28-17)9-8-13-4-2-1-3-5-13/h1-7,10-11H,8-9,12H2,(H,23,24). The summed E-state index contributed by atoms with van der Waals surface area (Å²) in [6, 6.07) is 14.8. The molecule has 2 aromatic rings. The highest BCUT2D eigenvalue weighted by Crippen LogP contribution is 2.34. The summed E-state index contributed by atoms with van der Waals surface area (Å²) in [5, 5.41) is 8.94.